The first kappa shape index (κ1) is 12.5. The lowest BCUT2D eigenvalue weighted by Gasteiger charge is -2.08. The van der Waals surface area contributed by atoms with Crippen LogP contribution in [0.3, 0.4) is 0 Å². The number of anilines is 1. The van der Waals surface area contributed by atoms with E-state index in [0.717, 1.165) is 23.8 Å². The molecule has 1 aromatic rings. The number of thioether (sulfide) groups is 1. The van der Waals surface area contributed by atoms with Crippen molar-refractivity contribution in [1.82, 2.24) is 4.98 Å². The fourth-order valence-electron chi connectivity index (χ4n) is 1.35. The lowest BCUT2D eigenvalue weighted by atomic mass is 10.4. The van der Waals surface area contributed by atoms with Crippen LogP contribution >= 0.6 is 11.8 Å². The van der Waals surface area contributed by atoms with Crippen molar-refractivity contribution in [3.8, 4) is 5.88 Å². The zero-order valence-corrected chi connectivity index (χ0v) is 10.6. The number of aromatic nitrogens is 1. The topological polar surface area (TPSA) is 68.4 Å². The van der Waals surface area contributed by atoms with Gasteiger partial charge in [0.25, 0.3) is 0 Å². The highest BCUT2D eigenvalue weighted by molar-refractivity contribution is 7.99. The van der Waals surface area contributed by atoms with Crippen molar-refractivity contribution in [3.05, 3.63) is 12.1 Å². The molecule has 2 rings (SSSR count). The molecular weight excluding hydrogens is 236 g/mol. The molecule has 0 radical (unpaired) electrons. The number of aliphatic hydroxyl groups excluding tert-OH is 1. The van der Waals surface area contributed by atoms with Gasteiger partial charge in [-0.05, 0) is 37.3 Å². The summed E-state index contributed by atoms with van der Waals surface area (Å²) in [4.78, 5) is 4.38. The molecule has 1 aromatic heterocycles. The fraction of sp³-hybridized carbons (Fsp3) is 0.583. The van der Waals surface area contributed by atoms with Crippen molar-refractivity contribution in [2.24, 2.45) is 5.92 Å². The minimum Gasteiger partial charge on any atom is -0.476 e. The maximum Gasteiger partial charge on any atom is 0.238 e. The first-order valence-corrected chi connectivity index (χ1v) is 6.91. The van der Waals surface area contributed by atoms with Gasteiger partial charge in [-0.1, -0.05) is 0 Å². The summed E-state index contributed by atoms with van der Waals surface area (Å²) in [6.45, 7) is 0.939. The van der Waals surface area contributed by atoms with E-state index < -0.39 is 0 Å². The van der Waals surface area contributed by atoms with Crippen molar-refractivity contribution in [3.63, 3.8) is 0 Å². The van der Waals surface area contributed by atoms with Gasteiger partial charge in [0, 0.05) is 12.4 Å². The van der Waals surface area contributed by atoms with Crippen LogP contribution < -0.4 is 10.5 Å². The van der Waals surface area contributed by atoms with E-state index in [0.29, 0.717) is 17.5 Å². The molecule has 1 fully saturated rings. The first-order chi connectivity index (χ1) is 8.29. The van der Waals surface area contributed by atoms with Gasteiger partial charge in [-0.25, -0.2) is 4.98 Å². The molecule has 0 saturated heterocycles. The summed E-state index contributed by atoms with van der Waals surface area (Å²) in [5, 5.41) is 9.62. The predicted molar refractivity (Wildman–Crippen MR) is 69.3 cm³/mol. The zero-order valence-electron chi connectivity index (χ0n) is 9.76. The van der Waals surface area contributed by atoms with Gasteiger partial charge in [-0.2, -0.15) is 0 Å². The predicted octanol–water partition coefficient (Wildman–Crippen LogP) is 1.93. The van der Waals surface area contributed by atoms with E-state index in [4.69, 9.17) is 15.6 Å². The molecule has 4 nitrogen and oxygen atoms in total. The molecule has 0 aliphatic heterocycles. The van der Waals surface area contributed by atoms with Crippen LogP contribution in [0.25, 0.3) is 0 Å². The van der Waals surface area contributed by atoms with E-state index in [1.807, 2.05) is 12.1 Å². The van der Waals surface area contributed by atoms with Crippen LogP contribution in [0.15, 0.2) is 17.2 Å². The summed E-state index contributed by atoms with van der Waals surface area (Å²) >= 11 is 1.61. The van der Waals surface area contributed by atoms with Gasteiger partial charge in [-0.3, -0.25) is 0 Å². The molecule has 17 heavy (non-hydrogen) atoms. The van der Waals surface area contributed by atoms with E-state index in [9.17, 15) is 0 Å². The van der Waals surface area contributed by atoms with Crippen molar-refractivity contribution < 1.29 is 9.84 Å². The van der Waals surface area contributed by atoms with Crippen molar-refractivity contribution >= 4 is 17.4 Å². The molecule has 1 saturated carbocycles. The molecule has 1 aliphatic rings. The van der Waals surface area contributed by atoms with Gasteiger partial charge in [0.15, 0.2) is 0 Å². The van der Waals surface area contributed by atoms with Crippen LogP contribution in [0.4, 0.5) is 5.69 Å². The van der Waals surface area contributed by atoms with Gasteiger partial charge >= 0.3 is 0 Å². The lowest BCUT2D eigenvalue weighted by molar-refractivity contribution is 0.288. The third-order valence-corrected chi connectivity index (χ3v) is 3.59. The van der Waals surface area contributed by atoms with E-state index >= 15 is 0 Å². The normalized spacial score (nSPS) is 14.9. The molecule has 1 heterocycles. The zero-order chi connectivity index (χ0) is 12.1. The molecular formula is C12H18N2O2S. The molecule has 1 aliphatic carbocycles. The number of ether oxygens (including phenoxy) is 1. The van der Waals surface area contributed by atoms with Gasteiger partial charge in [-0.15, -0.1) is 11.8 Å². The summed E-state index contributed by atoms with van der Waals surface area (Å²) in [6.07, 6.45) is 3.28. The third-order valence-electron chi connectivity index (χ3n) is 2.57. The van der Waals surface area contributed by atoms with Crippen LogP contribution in [-0.2, 0) is 0 Å². The number of hydrogen-bond acceptors (Lipinski definition) is 5. The molecule has 3 N–H and O–H groups in total. The Balaban J connectivity index is 1.90. The Morgan fingerprint density at radius 1 is 1.47 bits per heavy atom. The molecule has 0 spiro atoms. The summed E-state index contributed by atoms with van der Waals surface area (Å²) in [7, 11) is 0. The van der Waals surface area contributed by atoms with E-state index in [2.05, 4.69) is 4.98 Å². The van der Waals surface area contributed by atoms with Crippen molar-refractivity contribution in [2.75, 3.05) is 24.7 Å². The molecule has 0 unspecified atom stereocenters. The van der Waals surface area contributed by atoms with Crippen LogP contribution in [0.2, 0.25) is 0 Å². The Morgan fingerprint density at radius 2 is 2.29 bits per heavy atom. The van der Waals surface area contributed by atoms with Crippen LogP contribution in [0.5, 0.6) is 5.88 Å². The Bertz CT molecular complexity index is 370. The Kier molecular flexibility index (Phi) is 4.50. The largest absolute Gasteiger partial charge is 0.476 e. The second kappa shape index (κ2) is 6.12. The van der Waals surface area contributed by atoms with E-state index in [-0.39, 0.29) is 6.61 Å². The van der Waals surface area contributed by atoms with Crippen LogP contribution in [-0.4, -0.2) is 29.1 Å². The maximum atomic E-state index is 8.72. The Hall–Kier alpha value is -0.940. The second-order valence-corrected chi connectivity index (χ2v) is 5.34. The summed E-state index contributed by atoms with van der Waals surface area (Å²) in [5.41, 5.74) is 6.41. The number of nitrogens with two attached hydrogens (primary N) is 1. The SMILES string of the molecule is Nc1ccc(SCCCO)nc1OCC1CC1. The molecule has 0 atom stereocenters. The third kappa shape index (κ3) is 4.09. The lowest BCUT2D eigenvalue weighted by Crippen LogP contribution is -2.04. The average molecular weight is 254 g/mol. The van der Waals surface area contributed by atoms with Gasteiger partial charge in [0.2, 0.25) is 5.88 Å². The number of nitrogens with zero attached hydrogens (tertiary/aromatic N) is 1. The number of rotatable bonds is 7. The molecule has 0 bridgehead atoms. The molecule has 0 aromatic carbocycles. The minimum atomic E-state index is 0.215. The van der Waals surface area contributed by atoms with Gasteiger partial charge in [0.1, 0.15) is 5.03 Å². The van der Waals surface area contributed by atoms with E-state index in [1.54, 1.807) is 11.8 Å². The van der Waals surface area contributed by atoms with Crippen molar-refractivity contribution in [1.29, 1.82) is 0 Å². The number of nitrogen functional groups attached to an aromatic ring is 1. The van der Waals surface area contributed by atoms with Crippen LogP contribution in [0, 0.1) is 5.92 Å². The Morgan fingerprint density at radius 3 is 3.00 bits per heavy atom. The first-order valence-electron chi connectivity index (χ1n) is 5.92. The monoisotopic (exact) mass is 254 g/mol. The quantitative estimate of drug-likeness (QED) is 0.575. The average Bonchev–Trinajstić information content (AvgIpc) is 3.14. The summed E-state index contributed by atoms with van der Waals surface area (Å²) in [5.74, 6) is 2.10. The molecule has 0 amide bonds. The molecule has 5 heteroatoms. The summed E-state index contributed by atoms with van der Waals surface area (Å²) < 4.78 is 5.61. The number of aliphatic hydroxyl groups is 1. The van der Waals surface area contributed by atoms with Gasteiger partial charge in [0.05, 0.1) is 12.3 Å². The van der Waals surface area contributed by atoms with E-state index in [1.165, 1.54) is 12.8 Å². The smallest absolute Gasteiger partial charge is 0.238 e. The summed E-state index contributed by atoms with van der Waals surface area (Å²) in [6, 6.07) is 3.72. The number of hydrogen-bond donors (Lipinski definition) is 2. The standard InChI is InChI=1S/C12H18N2O2S/c13-10-4-5-11(17-7-1-6-15)14-12(10)16-8-9-2-3-9/h4-5,9,15H,1-3,6-8,13H2. The minimum absolute atomic E-state index is 0.215. The highest BCUT2D eigenvalue weighted by Crippen LogP contribution is 2.31. The van der Waals surface area contributed by atoms with Crippen molar-refractivity contribution in [2.45, 2.75) is 24.3 Å². The Labute approximate surface area is 106 Å². The molecule has 94 valence electrons. The fourth-order valence-corrected chi connectivity index (χ4v) is 2.15. The highest BCUT2D eigenvalue weighted by Gasteiger charge is 2.22. The van der Waals surface area contributed by atoms with Crippen LogP contribution in [0.1, 0.15) is 19.3 Å². The number of pyridine rings is 1. The maximum absolute atomic E-state index is 8.72. The highest BCUT2D eigenvalue weighted by atomic mass is 32.2. The second-order valence-electron chi connectivity index (χ2n) is 4.22. The van der Waals surface area contributed by atoms with Gasteiger partial charge < -0.3 is 15.6 Å².